The number of nitrogens with one attached hydrogen (secondary N) is 1. The summed E-state index contributed by atoms with van der Waals surface area (Å²) < 4.78 is 1.79. The summed E-state index contributed by atoms with van der Waals surface area (Å²) in [5.74, 6) is 0. The molecule has 0 aliphatic carbocycles. The SMILES string of the molecule is OC(CNc1cnn(-c2ccccc2)c1)c1ccc(Cl)cc1. The monoisotopic (exact) mass is 313 g/mol. The van der Waals surface area contributed by atoms with Crippen LogP contribution in [0.25, 0.3) is 5.69 Å². The van der Waals surface area contributed by atoms with E-state index < -0.39 is 6.10 Å². The summed E-state index contributed by atoms with van der Waals surface area (Å²) in [7, 11) is 0. The predicted octanol–water partition coefficient (Wildman–Crippen LogP) is 3.67. The van der Waals surface area contributed by atoms with E-state index in [9.17, 15) is 5.11 Å². The van der Waals surface area contributed by atoms with Crippen molar-refractivity contribution in [2.75, 3.05) is 11.9 Å². The van der Waals surface area contributed by atoms with Gasteiger partial charge in [-0.3, -0.25) is 0 Å². The van der Waals surface area contributed by atoms with Crippen LogP contribution in [0, 0.1) is 0 Å². The normalized spacial score (nSPS) is 12.1. The molecule has 0 saturated heterocycles. The lowest BCUT2D eigenvalue weighted by Gasteiger charge is -2.12. The van der Waals surface area contributed by atoms with Crippen molar-refractivity contribution in [3.05, 3.63) is 77.6 Å². The fourth-order valence-electron chi connectivity index (χ4n) is 2.15. The molecule has 1 atom stereocenters. The van der Waals surface area contributed by atoms with Crippen molar-refractivity contribution in [3.8, 4) is 5.69 Å². The third-order valence-electron chi connectivity index (χ3n) is 3.36. The summed E-state index contributed by atoms with van der Waals surface area (Å²) >= 11 is 5.84. The van der Waals surface area contributed by atoms with E-state index in [1.54, 1.807) is 23.0 Å². The summed E-state index contributed by atoms with van der Waals surface area (Å²) in [5, 5.41) is 18.3. The Bertz CT molecular complexity index is 725. The number of aromatic nitrogens is 2. The van der Waals surface area contributed by atoms with Crippen LogP contribution >= 0.6 is 11.6 Å². The molecule has 0 radical (unpaired) electrons. The number of benzene rings is 2. The molecule has 0 aliphatic rings. The Labute approximate surface area is 134 Å². The Hall–Kier alpha value is -2.30. The Morgan fingerprint density at radius 2 is 1.82 bits per heavy atom. The lowest BCUT2D eigenvalue weighted by molar-refractivity contribution is 0.191. The Kier molecular flexibility index (Phi) is 4.42. The van der Waals surface area contributed by atoms with E-state index in [0.717, 1.165) is 16.9 Å². The molecule has 0 amide bonds. The topological polar surface area (TPSA) is 50.1 Å². The summed E-state index contributed by atoms with van der Waals surface area (Å²) in [6.45, 7) is 0.405. The molecule has 1 aromatic heterocycles. The average molecular weight is 314 g/mol. The zero-order valence-electron chi connectivity index (χ0n) is 11.9. The highest BCUT2D eigenvalue weighted by Crippen LogP contribution is 2.18. The highest BCUT2D eigenvalue weighted by Gasteiger charge is 2.08. The number of hydrogen-bond acceptors (Lipinski definition) is 3. The number of halogens is 1. The van der Waals surface area contributed by atoms with Crippen LogP contribution in [-0.4, -0.2) is 21.4 Å². The van der Waals surface area contributed by atoms with E-state index in [2.05, 4.69) is 10.4 Å². The van der Waals surface area contributed by atoms with Crippen molar-refractivity contribution < 1.29 is 5.11 Å². The molecule has 2 N–H and O–H groups in total. The number of aliphatic hydroxyl groups is 1. The van der Waals surface area contributed by atoms with Crippen LogP contribution in [-0.2, 0) is 0 Å². The first-order valence-corrected chi connectivity index (χ1v) is 7.38. The molecule has 0 bridgehead atoms. The van der Waals surface area contributed by atoms with Crippen molar-refractivity contribution >= 4 is 17.3 Å². The second kappa shape index (κ2) is 6.64. The van der Waals surface area contributed by atoms with Crippen molar-refractivity contribution in [3.63, 3.8) is 0 Å². The van der Waals surface area contributed by atoms with E-state index >= 15 is 0 Å². The van der Waals surface area contributed by atoms with E-state index in [1.807, 2.05) is 48.7 Å². The molecule has 1 heterocycles. The van der Waals surface area contributed by atoms with Crippen LogP contribution in [0.5, 0.6) is 0 Å². The number of nitrogens with zero attached hydrogens (tertiary/aromatic N) is 2. The minimum atomic E-state index is -0.600. The maximum Gasteiger partial charge on any atom is 0.0962 e. The summed E-state index contributed by atoms with van der Waals surface area (Å²) in [5.41, 5.74) is 2.68. The number of rotatable bonds is 5. The Morgan fingerprint density at radius 3 is 2.55 bits per heavy atom. The maximum absolute atomic E-state index is 10.2. The molecule has 0 saturated carbocycles. The smallest absolute Gasteiger partial charge is 0.0962 e. The summed E-state index contributed by atoms with van der Waals surface area (Å²) in [4.78, 5) is 0. The second-order valence-electron chi connectivity index (χ2n) is 4.96. The van der Waals surface area contributed by atoms with E-state index in [4.69, 9.17) is 11.6 Å². The van der Waals surface area contributed by atoms with Crippen LogP contribution in [0.3, 0.4) is 0 Å². The molecule has 1 unspecified atom stereocenters. The Morgan fingerprint density at radius 1 is 1.09 bits per heavy atom. The molecule has 3 rings (SSSR count). The van der Waals surface area contributed by atoms with Crippen LogP contribution in [0.15, 0.2) is 67.0 Å². The number of hydrogen-bond donors (Lipinski definition) is 2. The van der Waals surface area contributed by atoms with Gasteiger partial charge in [0.05, 0.1) is 29.9 Å². The van der Waals surface area contributed by atoms with E-state index in [-0.39, 0.29) is 0 Å². The van der Waals surface area contributed by atoms with Gasteiger partial charge < -0.3 is 10.4 Å². The van der Waals surface area contributed by atoms with Gasteiger partial charge in [-0.2, -0.15) is 5.10 Å². The van der Waals surface area contributed by atoms with Crippen molar-refractivity contribution in [2.45, 2.75) is 6.10 Å². The molecule has 0 spiro atoms. The van der Waals surface area contributed by atoms with Gasteiger partial charge in [-0.1, -0.05) is 41.9 Å². The van der Waals surface area contributed by atoms with Crippen LogP contribution in [0.1, 0.15) is 11.7 Å². The minimum absolute atomic E-state index is 0.405. The standard InChI is InChI=1S/C17H16ClN3O/c18-14-8-6-13(7-9-14)17(22)11-19-15-10-20-21(12-15)16-4-2-1-3-5-16/h1-10,12,17,19,22H,11H2. The third-order valence-corrected chi connectivity index (χ3v) is 3.61. The molecule has 2 aromatic carbocycles. The lowest BCUT2D eigenvalue weighted by atomic mass is 10.1. The van der Waals surface area contributed by atoms with Crippen molar-refractivity contribution in [2.24, 2.45) is 0 Å². The van der Waals surface area contributed by atoms with Gasteiger partial charge in [0.2, 0.25) is 0 Å². The largest absolute Gasteiger partial charge is 0.387 e. The summed E-state index contributed by atoms with van der Waals surface area (Å²) in [6.07, 6.45) is 3.03. The van der Waals surface area contributed by atoms with Crippen LogP contribution < -0.4 is 5.32 Å². The lowest BCUT2D eigenvalue weighted by Crippen LogP contribution is -2.11. The average Bonchev–Trinajstić information content (AvgIpc) is 3.03. The molecule has 3 aromatic rings. The fraction of sp³-hybridized carbons (Fsp3) is 0.118. The molecule has 4 nitrogen and oxygen atoms in total. The molecule has 0 fully saturated rings. The third kappa shape index (κ3) is 3.47. The zero-order chi connectivity index (χ0) is 15.4. The first kappa shape index (κ1) is 14.6. The zero-order valence-corrected chi connectivity index (χ0v) is 12.6. The molecule has 22 heavy (non-hydrogen) atoms. The van der Waals surface area contributed by atoms with Crippen LogP contribution in [0.2, 0.25) is 5.02 Å². The molecule has 0 aliphatic heterocycles. The first-order valence-electron chi connectivity index (χ1n) is 7.00. The predicted molar refractivity (Wildman–Crippen MR) is 88.5 cm³/mol. The van der Waals surface area contributed by atoms with Gasteiger partial charge in [0.15, 0.2) is 0 Å². The number of anilines is 1. The van der Waals surface area contributed by atoms with Gasteiger partial charge in [-0.05, 0) is 29.8 Å². The maximum atomic E-state index is 10.2. The van der Waals surface area contributed by atoms with Gasteiger partial charge in [0.1, 0.15) is 0 Å². The van der Waals surface area contributed by atoms with Gasteiger partial charge in [0, 0.05) is 11.6 Å². The number of para-hydroxylation sites is 1. The van der Waals surface area contributed by atoms with Crippen LogP contribution in [0.4, 0.5) is 5.69 Å². The van der Waals surface area contributed by atoms with Gasteiger partial charge in [0.25, 0.3) is 0 Å². The molecular weight excluding hydrogens is 298 g/mol. The quantitative estimate of drug-likeness (QED) is 0.755. The Balaban J connectivity index is 1.62. The highest BCUT2D eigenvalue weighted by atomic mass is 35.5. The molecule has 5 heteroatoms. The van der Waals surface area contributed by atoms with Gasteiger partial charge in [-0.15, -0.1) is 0 Å². The summed E-state index contributed by atoms with van der Waals surface area (Å²) in [6, 6.07) is 17.1. The second-order valence-corrected chi connectivity index (χ2v) is 5.39. The molecular formula is C17H16ClN3O. The van der Waals surface area contributed by atoms with E-state index in [0.29, 0.717) is 11.6 Å². The van der Waals surface area contributed by atoms with Gasteiger partial charge >= 0.3 is 0 Å². The van der Waals surface area contributed by atoms with Crippen molar-refractivity contribution in [1.82, 2.24) is 9.78 Å². The fourth-order valence-corrected chi connectivity index (χ4v) is 2.28. The first-order chi connectivity index (χ1) is 10.7. The van der Waals surface area contributed by atoms with Gasteiger partial charge in [-0.25, -0.2) is 4.68 Å². The van der Waals surface area contributed by atoms with E-state index in [1.165, 1.54) is 0 Å². The number of aliphatic hydroxyl groups excluding tert-OH is 1. The molecule has 112 valence electrons. The van der Waals surface area contributed by atoms with Crippen molar-refractivity contribution in [1.29, 1.82) is 0 Å². The minimum Gasteiger partial charge on any atom is -0.387 e. The highest BCUT2D eigenvalue weighted by molar-refractivity contribution is 6.30.